The van der Waals surface area contributed by atoms with E-state index in [1.165, 1.54) is 9.18 Å². The van der Waals surface area contributed by atoms with Crippen LogP contribution in [0.15, 0.2) is 46.7 Å². The van der Waals surface area contributed by atoms with Gasteiger partial charge in [-0.1, -0.05) is 6.07 Å². The monoisotopic (exact) mass is 393 g/mol. The fourth-order valence-electron chi connectivity index (χ4n) is 2.80. The Morgan fingerprint density at radius 1 is 1.19 bits per heavy atom. The molecule has 6 nitrogen and oxygen atoms in total. The van der Waals surface area contributed by atoms with E-state index in [-0.39, 0.29) is 16.8 Å². The van der Waals surface area contributed by atoms with Gasteiger partial charge in [-0.25, -0.2) is 8.42 Å². The van der Waals surface area contributed by atoms with E-state index >= 15 is 0 Å². The molecule has 26 heavy (non-hydrogen) atoms. The number of amides is 1. The van der Waals surface area contributed by atoms with Gasteiger partial charge in [-0.15, -0.1) is 11.3 Å². The Labute approximate surface area is 158 Å². The molecule has 2 heterocycles. The fourth-order valence-corrected chi connectivity index (χ4v) is 4.97. The van der Waals surface area contributed by atoms with Crippen LogP contribution in [0.4, 0.5) is 5.69 Å². The molecule has 140 valence electrons. The van der Waals surface area contributed by atoms with Crippen LogP contribution < -0.4 is 10.6 Å². The van der Waals surface area contributed by atoms with Crippen LogP contribution in [0.2, 0.25) is 0 Å². The molecule has 1 fully saturated rings. The van der Waals surface area contributed by atoms with Crippen molar-refractivity contribution < 1.29 is 13.2 Å². The zero-order valence-electron chi connectivity index (χ0n) is 14.6. The zero-order valence-corrected chi connectivity index (χ0v) is 16.3. The highest BCUT2D eigenvalue weighted by atomic mass is 32.2. The van der Waals surface area contributed by atoms with Crippen molar-refractivity contribution in [2.24, 2.45) is 0 Å². The number of thiophene rings is 1. The highest BCUT2D eigenvalue weighted by Crippen LogP contribution is 2.22. The van der Waals surface area contributed by atoms with E-state index in [4.69, 9.17) is 0 Å². The minimum atomic E-state index is -3.42. The molecule has 1 amide bonds. The van der Waals surface area contributed by atoms with Crippen molar-refractivity contribution in [3.05, 3.63) is 46.7 Å². The van der Waals surface area contributed by atoms with Gasteiger partial charge < -0.3 is 10.6 Å². The van der Waals surface area contributed by atoms with Crippen molar-refractivity contribution in [3.63, 3.8) is 0 Å². The maximum absolute atomic E-state index is 12.5. The molecule has 0 spiro atoms. The van der Waals surface area contributed by atoms with Gasteiger partial charge in [0.25, 0.3) is 0 Å². The third kappa shape index (κ3) is 4.50. The third-order valence-electron chi connectivity index (χ3n) is 4.38. The van der Waals surface area contributed by atoms with Gasteiger partial charge in [-0.3, -0.25) is 4.79 Å². The number of anilines is 1. The summed E-state index contributed by atoms with van der Waals surface area (Å²) in [5.74, 6) is -0.156. The summed E-state index contributed by atoms with van der Waals surface area (Å²) in [5, 5.41) is 7.99. The number of carbonyl (C=O) groups excluding carboxylic acids is 1. The molecule has 0 saturated carbocycles. The van der Waals surface area contributed by atoms with Gasteiger partial charge in [0.1, 0.15) is 0 Å². The maximum atomic E-state index is 12.5. The highest BCUT2D eigenvalue weighted by molar-refractivity contribution is 7.89. The van der Waals surface area contributed by atoms with Crippen LogP contribution >= 0.6 is 11.3 Å². The molecular weight excluding hydrogens is 370 g/mol. The summed E-state index contributed by atoms with van der Waals surface area (Å²) in [7, 11) is -3.42. The number of hydrogen-bond donors (Lipinski definition) is 2. The number of sulfonamides is 1. The van der Waals surface area contributed by atoms with Crippen molar-refractivity contribution in [3.8, 4) is 0 Å². The Morgan fingerprint density at radius 3 is 2.50 bits per heavy atom. The molecule has 0 aliphatic carbocycles. The first-order chi connectivity index (χ1) is 12.5. The van der Waals surface area contributed by atoms with Crippen LogP contribution in [0.5, 0.6) is 0 Å². The Balaban J connectivity index is 1.57. The van der Waals surface area contributed by atoms with Crippen molar-refractivity contribution in [1.29, 1.82) is 0 Å². The van der Waals surface area contributed by atoms with E-state index in [9.17, 15) is 13.2 Å². The van der Waals surface area contributed by atoms with Gasteiger partial charge in [0, 0.05) is 30.2 Å². The molecule has 2 N–H and O–H groups in total. The van der Waals surface area contributed by atoms with Gasteiger partial charge in [0.15, 0.2) is 0 Å². The largest absolute Gasteiger partial charge is 0.325 e. The van der Waals surface area contributed by atoms with Gasteiger partial charge in [-0.05, 0) is 55.5 Å². The van der Waals surface area contributed by atoms with Crippen LogP contribution in [0.3, 0.4) is 0 Å². The molecule has 1 aliphatic heterocycles. The summed E-state index contributed by atoms with van der Waals surface area (Å²) in [6, 6.07) is 10.00. The molecule has 3 rings (SSSR count). The summed E-state index contributed by atoms with van der Waals surface area (Å²) < 4.78 is 26.5. The predicted molar refractivity (Wildman–Crippen MR) is 104 cm³/mol. The average molecular weight is 394 g/mol. The summed E-state index contributed by atoms with van der Waals surface area (Å²) in [4.78, 5) is 13.7. The molecule has 1 aromatic heterocycles. The second-order valence-corrected chi connectivity index (χ2v) is 9.28. The molecule has 8 heteroatoms. The van der Waals surface area contributed by atoms with E-state index in [2.05, 4.69) is 10.6 Å². The van der Waals surface area contributed by atoms with Crippen LogP contribution in [-0.4, -0.2) is 37.8 Å². The lowest BCUT2D eigenvalue weighted by Gasteiger charge is -2.16. The Hall–Kier alpha value is -1.74. The van der Waals surface area contributed by atoms with Crippen LogP contribution in [-0.2, 0) is 21.4 Å². The second-order valence-electron chi connectivity index (χ2n) is 6.31. The number of rotatable bonds is 7. The molecule has 0 bridgehead atoms. The minimum Gasteiger partial charge on any atom is -0.325 e. The van der Waals surface area contributed by atoms with Crippen molar-refractivity contribution in [2.45, 2.75) is 37.2 Å². The van der Waals surface area contributed by atoms with E-state index < -0.39 is 10.0 Å². The number of carbonyl (C=O) groups is 1. The summed E-state index contributed by atoms with van der Waals surface area (Å²) in [5.41, 5.74) is 0.583. The summed E-state index contributed by atoms with van der Waals surface area (Å²) in [6.45, 7) is 3.59. The molecule has 1 atom stereocenters. The molecule has 1 unspecified atom stereocenters. The van der Waals surface area contributed by atoms with E-state index in [0.29, 0.717) is 25.3 Å². The van der Waals surface area contributed by atoms with Crippen molar-refractivity contribution in [1.82, 2.24) is 9.62 Å². The Kier molecular flexibility index (Phi) is 6.08. The molecular formula is C18H23N3O3S2. The smallest absolute Gasteiger partial charge is 0.243 e. The summed E-state index contributed by atoms with van der Waals surface area (Å²) >= 11 is 1.64. The number of nitrogens with one attached hydrogen (secondary N) is 2. The van der Waals surface area contributed by atoms with E-state index in [1.807, 2.05) is 17.5 Å². The third-order valence-corrected chi connectivity index (χ3v) is 7.17. The molecule has 1 aliphatic rings. The molecule has 2 aromatic rings. The lowest BCUT2D eigenvalue weighted by Crippen LogP contribution is -2.37. The number of hydrogen-bond acceptors (Lipinski definition) is 5. The van der Waals surface area contributed by atoms with E-state index in [1.54, 1.807) is 42.5 Å². The summed E-state index contributed by atoms with van der Waals surface area (Å²) in [6.07, 6.45) is 1.81. The molecule has 0 radical (unpaired) electrons. The second kappa shape index (κ2) is 8.30. The van der Waals surface area contributed by atoms with Crippen LogP contribution in [0, 0.1) is 0 Å². The maximum Gasteiger partial charge on any atom is 0.243 e. The molecule has 1 aromatic carbocycles. The Bertz CT molecular complexity index is 827. The van der Waals surface area contributed by atoms with Gasteiger partial charge in [0.05, 0.1) is 10.9 Å². The van der Waals surface area contributed by atoms with Gasteiger partial charge >= 0.3 is 0 Å². The predicted octanol–water partition coefficient (Wildman–Crippen LogP) is 2.65. The highest BCUT2D eigenvalue weighted by Gasteiger charge is 2.27. The number of nitrogens with zero attached hydrogens (tertiary/aromatic N) is 1. The normalized spacial score (nSPS) is 16.5. The first-order valence-electron chi connectivity index (χ1n) is 8.63. The quantitative estimate of drug-likeness (QED) is 0.758. The van der Waals surface area contributed by atoms with Crippen LogP contribution in [0.1, 0.15) is 24.6 Å². The lowest BCUT2D eigenvalue weighted by atomic mass is 10.2. The number of benzene rings is 1. The fraction of sp³-hybridized carbons (Fsp3) is 0.389. The lowest BCUT2D eigenvalue weighted by molar-refractivity contribution is -0.117. The van der Waals surface area contributed by atoms with Gasteiger partial charge in [-0.2, -0.15) is 4.31 Å². The van der Waals surface area contributed by atoms with Gasteiger partial charge in [0.2, 0.25) is 15.9 Å². The first kappa shape index (κ1) is 19.0. The minimum absolute atomic E-state index is 0.156. The van der Waals surface area contributed by atoms with E-state index in [0.717, 1.165) is 12.8 Å². The zero-order chi connectivity index (χ0) is 18.6. The van der Waals surface area contributed by atoms with Crippen LogP contribution in [0.25, 0.3) is 0 Å². The van der Waals surface area contributed by atoms with Crippen molar-refractivity contribution in [2.75, 3.05) is 18.4 Å². The standard InChI is InChI=1S/C18H23N3O3S2/c1-14(19-13-16-5-4-12-25-16)18(22)20-15-6-8-17(9-7-15)26(23,24)21-10-2-3-11-21/h4-9,12,14,19H,2-3,10-11,13H2,1H3,(H,20,22). The topological polar surface area (TPSA) is 78.5 Å². The first-order valence-corrected chi connectivity index (χ1v) is 11.0. The SMILES string of the molecule is CC(NCc1cccs1)C(=O)Nc1ccc(S(=O)(=O)N2CCCC2)cc1. The molecule has 1 saturated heterocycles. The van der Waals surface area contributed by atoms with Crippen molar-refractivity contribution >= 4 is 33.0 Å². The average Bonchev–Trinajstić information content (AvgIpc) is 3.34. The Morgan fingerprint density at radius 2 is 1.88 bits per heavy atom.